The molecule has 1 aromatic heterocycles. The van der Waals surface area contributed by atoms with Crippen LogP contribution in [0.5, 0.6) is 5.75 Å². The van der Waals surface area contributed by atoms with E-state index >= 15 is 0 Å². The number of nitrogens with one attached hydrogen (secondary N) is 1. The molecule has 1 N–H and O–H groups in total. The Labute approximate surface area is 166 Å². The third-order valence-electron chi connectivity index (χ3n) is 5.88. The zero-order valence-electron chi connectivity index (χ0n) is 15.8. The third-order valence-corrected chi connectivity index (χ3v) is 6.83. The van der Waals surface area contributed by atoms with Crippen LogP contribution in [0.4, 0.5) is 5.13 Å². The highest BCUT2D eigenvalue weighted by Crippen LogP contribution is 2.52. The third kappa shape index (κ3) is 2.41. The summed E-state index contributed by atoms with van der Waals surface area (Å²) in [5, 5.41) is 3.43. The maximum atomic E-state index is 13.1. The number of ether oxygens (including phenoxy) is 2. The number of aromatic nitrogens is 1. The van der Waals surface area contributed by atoms with Crippen LogP contribution in [0.25, 0.3) is 10.2 Å². The fraction of sp³-hybridized carbons (Fsp3) is 0.450. The van der Waals surface area contributed by atoms with Crippen molar-refractivity contribution in [2.24, 2.45) is 11.8 Å². The molecule has 3 aliphatic rings. The summed E-state index contributed by atoms with van der Waals surface area (Å²) in [6.45, 7) is 4.47. The van der Waals surface area contributed by atoms with Crippen LogP contribution in [0.2, 0.25) is 0 Å². The van der Waals surface area contributed by atoms with Crippen LogP contribution >= 0.6 is 11.3 Å². The Bertz CT molecular complexity index is 1020. The number of likely N-dealkylation sites (tertiary alicyclic amines) is 1. The van der Waals surface area contributed by atoms with Crippen LogP contribution in [-0.2, 0) is 14.3 Å². The number of carbonyl (C=O) groups is 2. The molecule has 4 atom stereocenters. The number of anilines is 1. The lowest BCUT2D eigenvalue weighted by Gasteiger charge is -2.24. The van der Waals surface area contributed by atoms with Crippen molar-refractivity contribution in [3.05, 3.63) is 30.4 Å². The molecule has 2 amide bonds. The summed E-state index contributed by atoms with van der Waals surface area (Å²) in [6, 6.07) is 5.69. The molecule has 146 valence electrons. The molecule has 0 radical (unpaired) electrons. The summed E-state index contributed by atoms with van der Waals surface area (Å²) in [5.41, 5.74) is 0.0951. The van der Waals surface area contributed by atoms with Crippen LogP contribution in [0, 0.1) is 11.8 Å². The zero-order chi connectivity index (χ0) is 19.6. The number of rotatable bonds is 4. The Morgan fingerprint density at radius 3 is 3.04 bits per heavy atom. The van der Waals surface area contributed by atoms with E-state index in [1.54, 1.807) is 12.0 Å². The Kier molecular flexibility index (Phi) is 3.79. The van der Waals surface area contributed by atoms with E-state index in [2.05, 4.69) is 10.3 Å². The summed E-state index contributed by atoms with van der Waals surface area (Å²) < 4.78 is 12.3. The first-order valence-electron chi connectivity index (χ1n) is 9.35. The first-order valence-corrected chi connectivity index (χ1v) is 10.2. The molecule has 2 bridgehead atoms. The summed E-state index contributed by atoms with van der Waals surface area (Å²) in [5.74, 6) is -0.515. The van der Waals surface area contributed by atoms with Crippen molar-refractivity contribution in [3.8, 4) is 5.75 Å². The molecule has 0 saturated carbocycles. The average Bonchev–Trinajstić information content (AvgIpc) is 3.39. The lowest BCUT2D eigenvalue weighted by Crippen LogP contribution is -2.42. The Morgan fingerprint density at radius 2 is 2.29 bits per heavy atom. The first kappa shape index (κ1) is 17.6. The zero-order valence-corrected chi connectivity index (χ0v) is 16.7. The van der Waals surface area contributed by atoms with Gasteiger partial charge in [-0.2, -0.15) is 0 Å². The quantitative estimate of drug-likeness (QED) is 0.799. The second kappa shape index (κ2) is 6.02. The van der Waals surface area contributed by atoms with E-state index in [9.17, 15) is 9.59 Å². The van der Waals surface area contributed by atoms with E-state index < -0.39 is 17.4 Å². The minimum Gasteiger partial charge on any atom is -0.497 e. The molecule has 0 aliphatic carbocycles. The van der Waals surface area contributed by atoms with E-state index in [-0.39, 0.29) is 24.0 Å². The predicted molar refractivity (Wildman–Crippen MR) is 105 cm³/mol. The molecular weight excluding hydrogens is 378 g/mol. The Morgan fingerprint density at radius 1 is 1.46 bits per heavy atom. The van der Waals surface area contributed by atoms with Crippen molar-refractivity contribution in [2.75, 3.05) is 19.0 Å². The minimum atomic E-state index is -0.672. The molecule has 7 nitrogen and oxygen atoms in total. The SMILES string of the molecule is COc1ccc2sc(NC(=O)[C@H]3[C@H]4C=C[C@@]5(CN(C(C)C)C(=O)[C@@H]35)O4)nc2c1. The standard InChI is InChI=1S/C20H21N3O4S/c1-10(2)23-9-20-7-6-13(27-20)15(16(20)18(23)25)17(24)22-19-21-12-8-11(26-3)4-5-14(12)28-19/h4-8,10,13,15-16H,9H2,1-3H3,(H,21,22,24)/t13-,15+,16-,20+/m1/s1. The fourth-order valence-electron chi connectivity index (χ4n) is 4.54. The number of hydrogen-bond donors (Lipinski definition) is 1. The highest BCUT2D eigenvalue weighted by Gasteiger charge is 2.67. The Balaban J connectivity index is 1.41. The van der Waals surface area contributed by atoms with Crippen LogP contribution < -0.4 is 10.1 Å². The number of carbonyl (C=O) groups excluding carboxylic acids is 2. The highest BCUT2D eigenvalue weighted by molar-refractivity contribution is 7.22. The molecule has 4 heterocycles. The molecule has 5 rings (SSSR count). The second-order valence-corrected chi connectivity index (χ2v) is 8.83. The fourth-order valence-corrected chi connectivity index (χ4v) is 5.39. The molecule has 3 aliphatic heterocycles. The van der Waals surface area contributed by atoms with E-state index in [1.165, 1.54) is 11.3 Å². The number of hydrogen-bond acceptors (Lipinski definition) is 6. The van der Waals surface area contributed by atoms with Crippen LogP contribution in [0.15, 0.2) is 30.4 Å². The van der Waals surface area contributed by atoms with Gasteiger partial charge in [0.15, 0.2) is 5.13 Å². The van der Waals surface area contributed by atoms with Gasteiger partial charge in [0.1, 0.15) is 11.4 Å². The van der Waals surface area contributed by atoms with Crippen molar-refractivity contribution < 1.29 is 19.1 Å². The largest absolute Gasteiger partial charge is 0.497 e. The van der Waals surface area contributed by atoms with E-state index in [4.69, 9.17) is 9.47 Å². The lowest BCUT2D eigenvalue weighted by molar-refractivity contribution is -0.136. The van der Waals surface area contributed by atoms with Crippen LogP contribution in [0.3, 0.4) is 0 Å². The van der Waals surface area contributed by atoms with Gasteiger partial charge in [-0.1, -0.05) is 23.5 Å². The molecule has 2 aromatic rings. The molecule has 28 heavy (non-hydrogen) atoms. The smallest absolute Gasteiger partial charge is 0.233 e. The molecule has 2 saturated heterocycles. The number of nitrogens with zero attached hydrogens (tertiary/aromatic N) is 2. The van der Waals surface area contributed by atoms with Gasteiger partial charge in [-0.3, -0.25) is 9.59 Å². The van der Waals surface area contributed by atoms with Crippen molar-refractivity contribution in [1.29, 1.82) is 0 Å². The molecule has 8 heteroatoms. The normalized spacial score (nSPS) is 30.5. The van der Waals surface area contributed by atoms with Gasteiger partial charge in [0, 0.05) is 12.1 Å². The topological polar surface area (TPSA) is 80.8 Å². The summed E-state index contributed by atoms with van der Waals surface area (Å²) in [6.07, 6.45) is 3.52. The van der Waals surface area contributed by atoms with E-state index in [0.717, 1.165) is 16.0 Å². The van der Waals surface area contributed by atoms with Crippen molar-refractivity contribution in [2.45, 2.75) is 31.6 Å². The van der Waals surface area contributed by atoms with Crippen molar-refractivity contribution in [1.82, 2.24) is 9.88 Å². The maximum Gasteiger partial charge on any atom is 0.233 e. The first-order chi connectivity index (χ1) is 13.4. The maximum absolute atomic E-state index is 13.1. The summed E-state index contributed by atoms with van der Waals surface area (Å²) in [7, 11) is 1.60. The van der Waals surface area contributed by atoms with Gasteiger partial charge >= 0.3 is 0 Å². The van der Waals surface area contributed by atoms with E-state index in [1.807, 2.05) is 44.2 Å². The summed E-state index contributed by atoms with van der Waals surface area (Å²) >= 11 is 1.40. The molecular formula is C20H21N3O4S. The van der Waals surface area contributed by atoms with Gasteiger partial charge in [0.2, 0.25) is 11.8 Å². The van der Waals surface area contributed by atoms with Crippen molar-refractivity contribution in [3.63, 3.8) is 0 Å². The molecule has 1 spiro atoms. The number of amides is 2. The average molecular weight is 399 g/mol. The van der Waals surface area contributed by atoms with E-state index in [0.29, 0.717) is 11.7 Å². The lowest BCUT2D eigenvalue weighted by atomic mass is 9.77. The number of methoxy groups -OCH3 is 1. The predicted octanol–water partition coefficient (Wildman–Crippen LogP) is 2.43. The molecule has 2 fully saturated rings. The number of fused-ring (bicyclic) bond motifs is 2. The van der Waals surface area contributed by atoms with Gasteiger partial charge < -0.3 is 19.7 Å². The van der Waals surface area contributed by atoms with Gasteiger partial charge in [0.05, 0.1) is 41.8 Å². The van der Waals surface area contributed by atoms with Crippen molar-refractivity contribution >= 4 is 38.5 Å². The highest BCUT2D eigenvalue weighted by atomic mass is 32.1. The number of thiazole rings is 1. The van der Waals surface area contributed by atoms with Gasteiger partial charge in [-0.15, -0.1) is 0 Å². The van der Waals surface area contributed by atoms with Gasteiger partial charge in [0.25, 0.3) is 0 Å². The Hall–Kier alpha value is -2.45. The molecule has 1 aromatic carbocycles. The summed E-state index contributed by atoms with van der Waals surface area (Å²) in [4.78, 5) is 32.4. The van der Waals surface area contributed by atoms with Gasteiger partial charge in [-0.05, 0) is 26.0 Å². The number of benzene rings is 1. The monoisotopic (exact) mass is 399 g/mol. The van der Waals surface area contributed by atoms with Gasteiger partial charge in [-0.25, -0.2) is 4.98 Å². The minimum absolute atomic E-state index is 0.00367. The molecule has 0 unspecified atom stereocenters. The van der Waals surface area contributed by atoms with Crippen LogP contribution in [-0.4, -0.2) is 53.1 Å². The second-order valence-electron chi connectivity index (χ2n) is 7.80. The van der Waals surface area contributed by atoms with Crippen LogP contribution in [0.1, 0.15) is 13.8 Å².